The summed E-state index contributed by atoms with van der Waals surface area (Å²) in [6, 6.07) is 7.57. The van der Waals surface area contributed by atoms with Crippen LogP contribution in [-0.2, 0) is 16.1 Å². The second-order valence-corrected chi connectivity index (χ2v) is 2.53. The zero-order valence-electron chi connectivity index (χ0n) is 7.43. The standard InChI is InChI=1S/C10H11NO2/c1-13-11-8-10-4-2-9(3-5-10)6-7-12/h2-5,7-8H,6H2,1H3. The molecule has 1 aromatic carbocycles. The average Bonchev–Trinajstić information content (AvgIpc) is 2.17. The first-order valence-electron chi connectivity index (χ1n) is 3.96. The molecule has 0 aliphatic heterocycles. The van der Waals surface area contributed by atoms with E-state index in [1.807, 2.05) is 24.3 Å². The van der Waals surface area contributed by atoms with Crippen LogP contribution in [-0.4, -0.2) is 19.6 Å². The summed E-state index contributed by atoms with van der Waals surface area (Å²) in [6.45, 7) is 0. The van der Waals surface area contributed by atoms with Crippen LogP contribution in [0.25, 0.3) is 0 Å². The Hall–Kier alpha value is -1.64. The van der Waals surface area contributed by atoms with Crippen molar-refractivity contribution < 1.29 is 9.63 Å². The molecule has 0 saturated carbocycles. The first-order valence-corrected chi connectivity index (χ1v) is 3.96. The molecule has 3 heteroatoms. The van der Waals surface area contributed by atoms with E-state index in [9.17, 15) is 4.79 Å². The molecule has 0 N–H and O–H groups in total. The van der Waals surface area contributed by atoms with E-state index in [0.29, 0.717) is 6.42 Å². The fraction of sp³-hybridized carbons (Fsp3) is 0.200. The lowest BCUT2D eigenvalue weighted by molar-refractivity contribution is -0.107. The van der Waals surface area contributed by atoms with E-state index in [0.717, 1.165) is 17.4 Å². The predicted octanol–water partition coefficient (Wildman–Crippen LogP) is 1.41. The van der Waals surface area contributed by atoms with Gasteiger partial charge in [0.15, 0.2) is 0 Å². The number of oxime groups is 1. The second kappa shape index (κ2) is 5.09. The molecule has 0 bridgehead atoms. The van der Waals surface area contributed by atoms with Gasteiger partial charge in [-0.3, -0.25) is 0 Å². The quantitative estimate of drug-likeness (QED) is 0.396. The molecule has 0 spiro atoms. The molecule has 0 fully saturated rings. The first kappa shape index (κ1) is 9.45. The fourth-order valence-corrected chi connectivity index (χ4v) is 0.950. The summed E-state index contributed by atoms with van der Waals surface area (Å²) in [5.74, 6) is 0. The Morgan fingerprint density at radius 1 is 1.38 bits per heavy atom. The van der Waals surface area contributed by atoms with E-state index >= 15 is 0 Å². The van der Waals surface area contributed by atoms with E-state index in [2.05, 4.69) is 9.99 Å². The van der Waals surface area contributed by atoms with Crippen molar-refractivity contribution in [1.29, 1.82) is 0 Å². The lowest BCUT2D eigenvalue weighted by atomic mass is 10.1. The van der Waals surface area contributed by atoms with Crippen molar-refractivity contribution in [3.05, 3.63) is 35.4 Å². The molecule has 0 heterocycles. The van der Waals surface area contributed by atoms with E-state index in [4.69, 9.17) is 0 Å². The van der Waals surface area contributed by atoms with Crippen molar-refractivity contribution in [3.63, 3.8) is 0 Å². The van der Waals surface area contributed by atoms with Crippen molar-refractivity contribution >= 4 is 12.5 Å². The number of hydrogen-bond donors (Lipinski definition) is 0. The fourth-order valence-electron chi connectivity index (χ4n) is 0.950. The van der Waals surface area contributed by atoms with Crippen molar-refractivity contribution in [2.75, 3.05) is 7.11 Å². The molecule has 0 aromatic heterocycles. The highest BCUT2D eigenvalue weighted by molar-refractivity contribution is 5.79. The molecule has 1 rings (SSSR count). The molecule has 0 radical (unpaired) electrons. The van der Waals surface area contributed by atoms with Gasteiger partial charge in [0.2, 0.25) is 0 Å². The van der Waals surface area contributed by atoms with Gasteiger partial charge < -0.3 is 9.63 Å². The SMILES string of the molecule is CON=Cc1ccc(CC=O)cc1. The predicted molar refractivity (Wildman–Crippen MR) is 50.8 cm³/mol. The maximum atomic E-state index is 10.2. The molecule has 0 amide bonds. The van der Waals surface area contributed by atoms with Gasteiger partial charge >= 0.3 is 0 Å². The summed E-state index contributed by atoms with van der Waals surface area (Å²) in [5.41, 5.74) is 1.96. The van der Waals surface area contributed by atoms with Crippen molar-refractivity contribution in [1.82, 2.24) is 0 Å². The van der Waals surface area contributed by atoms with Crippen LogP contribution in [0.15, 0.2) is 29.4 Å². The Bertz CT molecular complexity index is 290. The topological polar surface area (TPSA) is 38.7 Å². The summed E-state index contributed by atoms with van der Waals surface area (Å²) >= 11 is 0. The van der Waals surface area contributed by atoms with Crippen molar-refractivity contribution in [2.24, 2.45) is 5.16 Å². The zero-order valence-corrected chi connectivity index (χ0v) is 7.43. The highest BCUT2D eigenvalue weighted by Gasteiger charge is 1.91. The molecule has 0 aliphatic rings. The number of rotatable bonds is 4. The number of carbonyl (C=O) groups excluding carboxylic acids is 1. The van der Waals surface area contributed by atoms with Gasteiger partial charge in [-0.1, -0.05) is 29.4 Å². The maximum absolute atomic E-state index is 10.2. The van der Waals surface area contributed by atoms with Crippen LogP contribution >= 0.6 is 0 Å². The average molecular weight is 177 g/mol. The Morgan fingerprint density at radius 3 is 2.62 bits per heavy atom. The maximum Gasteiger partial charge on any atom is 0.124 e. The van der Waals surface area contributed by atoms with Crippen LogP contribution in [0.2, 0.25) is 0 Å². The summed E-state index contributed by atoms with van der Waals surface area (Å²) in [6.07, 6.45) is 2.96. The minimum Gasteiger partial charge on any atom is -0.399 e. The van der Waals surface area contributed by atoms with Crippen LogP contribution in [0.5, 0.6) is 0 Å². The Labute approximate surface area is 77.0 Å². The number of nitrogens with zero attached hydrogens (tertiary/aromatic N) is 1. The molecule has 0 aliphatic carbocycles. The van der Waals surface area contributed by atoms with Gasteiger partial charge in [-0.05, 0) is 11.1 Å². The second-order valence-electron chi connectivity index (χ2n) is 2.53. The monoisotopic (exact) mass is 177 g/mol. The molecule has 0 saturated heterocycles. The third kappa shape index (κ3) is 3.07. The number of aldehydes is 1. The molecule has 0 unspecified atom stereocenters. The molecule has 1 aromatic rings. The Balaban J connectivity index is 2.69. The van der Waals surface area contributed by atoms with E-state index in [-0.39, 0.29) is 0 Å². The molecular weight excluding hydrogens is 166 g/mol. The zero-order chi connectivity index (χ0) is 9.52. The third-order valence-corrected chi connectivity index (χ3v) is 1.61. The minimum absolute atomic E-state index is 0.460. The molecule has 0 atom stereocenters. The summed E-state index contributed by atoms with van der Waals surface area (Å²) in [7, 11) is 1.50. The summed E-state index contributed by atoms with van der Waals surface area (Å²) in [4.78, 5) is 14.7. The van der Waals surface area contributed by atoms with Gasteiger partial charge in [0.25, 0.3) is 0 Å². The lowest BCUT2D eigenvalue weighted by Gasteiger charge is -1.95. The smallest absolute Gasteiger partial charge is 0.124 e. The molecular formula is C10H11NO2. The third-order valence-electron chi connectivity index (χ3n) is 1.61. The van der Waals surface area contributed by atoms with Gasteiger partial charge in [0.05, 0.1) is 6.21 Å². The molecule has 68 valence electrons. The lowest BCUT2D eigenvalue weighted by Crippen LogP contribution is -1.87. The van der Waals surface area contributed by atoms with Crippen molar-refractivity contribution in [3.8, 4) is 0 Å². The molecule has 3 nitrogen and oxygen atoms in total. The largest absolute Gasteiger partial charge is 0.399 e. The van der Waals surface area contributed by atoms with E-state index in [1.165, 1.54) is 7.11 Å². The van der Waals surface area contributed by atoms with Crippen molar-refractivity contribution in [2.45, 2.75) is 6.42 Å². The Morgan fingerprint density at radius 2 is 2.08 bits per heavy atom. The van der Waals surface area contributed by atoms with Gasteiger partial charge in [0, 0.05) is 6.42 Å². The highest BCUT2D eigenvalue weighted by Crippen LogP contribution is 2.02. The summed E-state index contributed by atoms with van der Waals surface area (Å²) < 4.78 is 0. The summed E-state index contributed by atoms with van der Waals surface area (Å²) in [5, 5.41) is 3.62. The normalized spacial score (nSPS) is 10.2. The van der Waals surface area contributed by atoms with Crippen LogP contribution in [0.4, 0.5) is 0 Å². The van der Waals surface area contributed by atoms with Gasteiger partial charge in [0.1, 0.15) is 13.4 Å². The van der Waals surface area contributed by atoms with Crippen LogP contribution in [0.1, 0.15) is 11.1 Å². The van der Waals surface area contributed by atoms with Gasteiger partial charge in [-0.15, -0.1) is 0 Å². The van der Waals surface area contributed by atoms with Crippen LogP contribution in [0.3, 0.4) is 0 Å². The molecule has 13 heavy (non-hydrogen) atoms. The van der Waals surface area contributed by atoms with Crippen LogP contribution in [0, 0.1) is 0 Å². The first-order chi connectivity index (χ1) is 6.36. The highest BCUT2D eigenvalue weighted by atomic mass is 16.6. The van der Waals surface area contributed by atoms with Crippen LogP contribution < -0.4 is 0 Å². The number of carbonyl (C=O) groups is 1. The number of benzene rings is 1. The minimum atomic E-state index is 0.460. The van der Waals surface area contributed by atoms with Gasteiger partial charge in [-0.25, -0.2) is 0 Å². The Kier molecular flexibility index (Phi) is 3.70. The number of hydrogen-bond acceptors (Lipinski definition) is 3. The van der Waals surface area contributed by atoms with E-state index in [1.54, 1.807) is 6.21 Å². The van der Waals surface area contributed by atoms with Gasteiger partial charge in [-0.2, -0.15) is 0 Å². The van der Waals surface area contributed by atoms with E-state index < -0.39 is 0 Å².